The highest BCUT2D eigenvalue weighted by atomic mass is 16.6. The lowest BCUT2D eigenvalue weighted by atomic mass is 10.1. The summed E-state index contributed by atoms with van der Waals surface area (Å²) in [5.74, 6) is 1.04. The van der Waals surface area contributed by atoms with Gasteiger partial charge in [-0.1, -0.05) is 0 Å². The van der Waals surface area contributed by atoms with E-state index in [2.05, 4.69) is 5.32 Å². The average molecular weight is 273 g/mol. The van der Waals surface area contributed by atoms with Crippen molar-refractivity contribution in [2.75, 3.05) is 5.32 Å². The first-order valence-corrected chi connectivity index (χ1v) is 5.75. The minimum atomic E-state index is -0.551. The average Bonchev–Trinajstić information content (AvgIpc) is 2.92. The van der Waals surface area contributed by atoms with Crippen LogP contribution in [0.5, 0.6) is 0 Å². The van der Waals surface area contributed by atoms with Crippen LogP contribution in [-0.2, 0) is 13.2 Å². The summed E-state index contributed by atoms with van der Waals surface area (Å²) in [6, 6.07) is 9.28. The predicted octanol–water partition coefficient (Wildman–Crippen LogP) is 2.16. The molecule has 2 aromatic rings. The number of nitro groups is 1. The zero-order valence-corrected chi connectivity index (χ0v) is 10.4. The SMILES string of the molecule is N#Cc1cc([N+](=O)[O-])ccc1NCc1ccc(CO)o1. The topological polar surface area (TPSA) is 112 Å². The van der Waals surface area contributed by atoms with E-state index in [0.29, 0.717) is 23.8 Å². The predicted molar refractivity (Wildman–Crippen MR) is 69.8 cm³/mol. The van der Waals surface area contributed by atoms with Gasteiger partial charge in [0.05, 0.1) is 22.7 Å². The molecule has 0 bridgehead atoms. The van der Waals surface area contributed by atoms with Gasteiger partial charge in [0.2, 0.25) is 0 Å². The number of nitro benzene ring substituents is 1. The Labute approximate surface area is 114 Å². The monoisotopic (exact) mass is 273 g/mol. The van der Waals surface area contributed by atoms with Crippen molar-refractivity contribution in [3.63, 3.8) is 0 Å². The number of non-ortho nitro benzene ring substituents is 1. The lowest BCUT2D eigenvalue weighted by Gasteiger charge is -2.06. The van der Waals surface area contributed by atoms with Gasteiger partial charge in [-0.05, 0) is 18.2 Å². The first-order chi connectivity index (χ1) is 9.63. The van der Waals surface area contributed by atoms with Gasteiger partial charge < -0.3 is 14.8 Å². The van der Waals surface area contributed by atoms with E-state index in [1.807, 2.05) is 6.07 Å². The molecule has 1 aromatic heterocycles. The molecular weight excluding hydrogens is 262 g/mol. The molecular formula is C13H11N3O4. The molecule has 7 nitrogen and oxygen atoms in total. The number of aliphatic hydroxyl groups excluding tert-OH is 1. The highest BCUT2D eigenvalue weighted by molar-refractivity contribution is 5.61. The highest BCUT2D eigenvalue weighted by Crippen LogP contribution is 2.22. The fraction of sp³-hybridized carbons (Fsp3) is 0.154. The maximum Gasteiger partial charge on any atom is 0.270 e. The first kappa shape index (κ1) is 13.6. The van der Waals surface area contributed by atoms with Crippen LogP contribution in [0.3, 0.4) is 0 Å². The van der Waals surface area contributed by atoms with Gasteiger partial charge in [-0.3, -0.25) is 10.1 Å². The van der Waals surface area contributed by atoms with Crippen LogP contribution in [0.4, 0.5) is 11.4 Å². The quantitative estimate of drug-likeness (QED) is 0.637. The number of rotatable bonds is 5. The summed E-state index contributed by atoms with van der Waals surface area (Å²) >= 11 is 0. The Morgan fingerprint density at radius 1 is 1.35 bits per heavy atom. The lowest BCUT2D eigenvalue weighted by molar-refractivity contribution is -0.384. The Kier molecular flexibility index (Phi) is 3.98. The number of anilines is 1. The number of nitrogens with one attached hydrogen (secondary N) is 1. The molecule has 20 heavy (non-hydrogen) atoms. The van der Waals surface area contributed by atoms with E-state index < -0.39 is 4.92 Å². The molecule has 1 aromatic carbocycles. The zero-order valence-electron chi connectivity index (χ0n) is 10.4. The van der Waals surface area contributed by atoms with E-state index in [1.54, 1.807) is 12.1 Å². The lowest BCUT2D eigenvalue weighted by Crippen LogP contribution is -2.01. The van der Waals surface area contributed by atoms with Crippen LogP contribution in [-0.4, -0.2) is 10.0 Å². The van der Waals surface area contributed by atoms with Crippen LogP contribution in [0.25, 0.3) is 0 Å². The van der Waals surface area contributed by atoms with Crippen molar-refractivity contribution >= 4 is 11.4 Å². The van der Waals surface area contributed by atoms with E-state index in [4.69, 9.17) is 14.8 Å². The van der Waals surface area contributed by atoms with Gasteiger partial charge in [0.15, 0.2) is 0 Å². The molecule has 0 fully saturated rings. The largest absolute Gasteiger partial charge is 0.462 e. The van der Waals surface area contributed by atoms with Gasteiger partial charge in [0.1, 0.15) is 24.2 Å². The summed E-state index contributed by atoms with van der Waals surface area (Å²) < 4.78 is 5.29. The molecule has 0 radical (unpaired) electrons. The van der Waals surface area contributed by atoms with Crippen molar-refractivity contribution < 1.29 is 14.4 Å². The normalized spacial score (nSPS) is 10.0. The van der Waals surface area contributed by atoms with Crippen LogP contribution < -0.4 is 5.32 Å². The van der Waals surface area contributed by atoms with Gasteiger partial charge in [-0.15, -0.1) is 0 Å². The van der Waals surface area contributed by atoms with Crippen LogP contribution in [0.15, 0.2) is 34.7 Å². The van der Waals surface area contributed by atoms with E-state index in [0.717, 1.165) is 0 Å². The van der Waals surface area contributed by atoms with Crippen LogP contribution in [0.1, 0.15) is 17.1 Å². The van der Waals surface area contributed by atoms with Crippen LogP contribution >= 0.6 is 0 Å². The van der Waals surface area contributed by atoms with Crippen molar-refractivity contribution in [3.05, 3.63) is 57.5 Å². The van der Waals surface area contributed by atoms with Gasteiger partial charge in [-0.2, -0.15) is 5.26 Å². The Morgan fingerprint density at radius 2 is 2.10 bits per heavy atom. The molecule has 7 heteroatoms. The molecule has 0 unspecified atom stereocenters. The Bertz CT molecular complexity index is 672. The molecule has 0 aliphatic rings. The number of hydrogen-bond acceptors (Lipinski definition) is 6. The molecule has 0 aliphatic heterocycles. The molecule has 0 atom stereocenters. The number of aliphatic hydroxyl groups is 1. The van der Waals surface area contributed by atoms with Crippen molar-refractivity contribution in [3.8, 4) is 6.07 Å². The van der Waals surface area contributed by atoms with Crippen molar-refractivity contribution in [2.24, 2.45) is 0 Å². The maximum atomic E-state index is 10.6. The summed E-state index contributed by atoms with van der Waals surface area (Å²) in [6.45, 7) is 0.132. The summed E-state index contributed by atoms with van der Waals surface area (Å²) in [5.41, 5.74) is 0.542. The Balaban J connectivity index is 2.13. The van der Waals surface area contributed by atoms with E-state index in [-0.39, 0.29) is 17.9 Å². The number of furan rings is 1. The third-order valence-corrected chi connectivity index (χ3v) is 2.66. The Morgan fingerprint density at radius 3 is 2.70 bits per heavy atom. The molecule has 0 saturated heterocycles. The molecule has 0 amide bonds. The summed E-state index contributed by atoms with van der Waals surface area (Å²) in [5, 5.41) is 31.5. The number of nitrogens with zero attached hydrogens (tertiary/aromatic N) is 2. The highest BCUT2D eigenvalue weighted by Gasteiger charge is 2.11. The molecule has 0 aliphatic carbocycles. The van der Waals surface area contributed by atoms with E-state index in [9.17, 15) is 10.1 Å². The maximum absolute atomic E-state index is 10.6. The van der Waals surface area contributed by atoms with E-state index >= 15 is 0 Å². The minimum absolute atomic E-state index is 0.132. The first-order valence-electron chi connectivity index (χ1n) is 5.75. The molecule has 0 spiro atoms. The second kappa shape index (κ2) is 5.86. The standard InChI is InChI=1S/C13H11N3O4/c14-6-9-5-10(16(18)19)1-4-13(9)15-7-11-2-3-12(8-17)20-11/h1-5,15,17H,7-8H2. The Hall–Kier alpha value is -2.85. The fourth-order valence-corrected chi connectivity index (χ4v) is 1.68. The number of benzene rings is 1. The van der Waals surface area contributed by atoms with Crippen LogP contribution in [0.2, 0.25) is 0 Å². The summed E-state index contributed by atoms with van der Waals surface area (Å²) in [4.78, 5) is 10.1. The van der Waals surface area contributed by atoms with Crippen LogP contribution in [0, 0.1) is 21.4 Å². The van der Waals surface area contributed by atoms with Gasteiger partial charge >= 0.3 is 0 Å². The third kappa shape index (κ3) is 2.93. The number of hydrogen-bond donors (Lipinski definition) is 2. The van der Waals surface area contributed by atoms with Gasteiger partial charge in [-0.25, -0.2) is 0 Å². The summed E-state index contributed by atoms with van der Waals surface area (Å²) in [6.07, 6.45) is 0. The minimum Gasteiger partial charge on any atom is -0.462 e. The smallest absolute Gasteiger partial charge is 0.270 e. The van der Waals surface area contributed by atoms with Gasteiger partial charge in [0.25, 0.3) is 5.69 Å². The molecule has 0 saturated carbocycles. The van der Waals surface area contributed by atoms with Crippen molar-refractivity contribution in [1.29, 1.82) is 5.26 Å². The molecule has 2 rings (SSSR count). The second-order valence-corrected chi connectivity index (χ2v) is 3.98. The van der Waals surface area contributed by atoms with Gasteiger partial charge in [0, 0.05) is 12.1 Å². The van der Waals surface area contributed by atoms with Crippen molar-refractivity contribution in [1.82, 2.24) is 0 Å². The molecule has 2 N–H and O–H groups in total. The zero-order chi connectivity index (χ0) is 14.5. The van der Waals surface area contributed by atoms with Crippen molar-refractivity contribution in [2.45, 2.75) is 13.2 Å². The second-order valence-electron chi connectivity index (χ2n) is 3.98. The fourth-order valence-electron chi connectivity index (χ4n) is 1.68. The summed E-state index contributed by atoms with van der Waals surface area (Å²) in [7, 11) is 0. The van der Waals surface area contributed by atoms with E-state index in [1.165, 1.54) is 18.2 Å². The third-order valence-electron chi connectivity index (χ3n) is 2.66. The number of nitriles is 1. The molecule has 102 valence electrons. The molecule has 1 heterocycles.